The predicted molar refractivity (Wildman–Crippen MR) is 121 cm³/mol. The van der Waals surface area contributed by atoms with Crippen LogP contribution in [0.1, 0.15) is 6.92 Å². The Morgan fingerprint density at radius 2 is 1.73 bits per heavy atom. The summed E-state index contributed by atoms with van der Waals surface area (Å²) in [7, 11) is 0. The van der Waals surface area contributed by atoms with Crippen molar-refractivity contribution in [1.82, 2.24) is 19.9 Å². The first kappa shape index (κ1) is 18.7. The largest absolute Gasteiger partial charge is 0.352 e. The fourth-order valence-electron chi connectivity index (χ4n) is 3.73. The average molecular weight is 416 g/mol. The number of aromatic nitrogens is 3. The minimum atomic E-state index is 0.124. The molecule has 1 aliphatic heterocycles. The number of hydrogen-bond donors (Lipinski definition) is 0. The van der Waals surface area contributed by atoms with Gasteiger partial charge in [0.1, 0.15) is 16.3 Å². The molecule has 0 atom stereocenters. The highest BCUT2D eigenvalue weighted by atomic mass is 32.1. The van der Waals surface area contributed by atoms with Gasteiger partial charge in [0.2, 0.25) is 5.91 Å². The molecule has 4 aromatic rings. The van der Waals surface area contributed by atoms with E-state index in [1.807, 2.05) is 41.3 Å². The van der Waals surface area contributed by atoms with E-state index in [0.717, 1.165) is 34.8 Å². The number of piperazine rings is 1. The molecule has 6 nitrogen and oxygen atoms in total. The van der Waals surface area contributed by atoms with Gasteiger partial charge in [-0.1, -0.05) is 36.4 Å². The van der Waals surface area contributed by atoms with E-state index in [9.17, 15) is 4.79 Å². The first-order valence-corrected chi connectivity index (χ1v) is 10.8. The van der Waals surface area contributed by atoms with Gasteiger partial charge in [0.05, 0.1) is 5.39 Å². The molecule has 1 amide bonds. The fraction of sp³-hybridized carbons (Fsp3) is 0.217. The van der Waals surface area contributed by atoms with Crippen LogP contribution in [0.5, 0.6) is 0 Å². The van der Waals surface area contributed by atoms with Crippen molar-refractivity contribution >= 4 is 33.3 Å². The third kappa shape index (κ3) is 3.52. The zero-order valence-electron chi connectivity index (χ0n) is 16.7. The lowest BCUT2D eigenvalue weighted by Crippen LogP contribution is -2.48. The summed E-state index contributed by atoms with van der Waals surface area (Å²) >= 11 is 1.67. The van der Waals surface area contributed by atoms with Gasteiger partial charge in [0.25, 0.3) is 0 Å². The van der Waals surface area contributed by atoms with Crippen LogP contribution in [0.2, 0.25) is 0 Å². The second-order valence-electron chi connectivity index (χ2n) is 7.27. The number of anilines is 1. The summed E-state index contributed by atoms with van der Waals surface area (Å²) in [5.41, 5.74) is 1.94. The Hall–Kier alpha value is -3.32. The molecule has 0 saturated carbocycles. The first-order chi connectivity index (χ1) is 14.7. The Balaban J connectivity index is 1.61. The molecule has 30 heavy (non-hydrogen) atoms. The molecule has 1 saturated heterocycles. The highest BCUT2D eigenvalue weighted by Gasteiger charge is 2.23. The van der Waals surface area contributed by atoms with Crippen LogP contribution in [-0.4, -0.2) is 51.9 Å². The van der Waals surface area contributed by atoms with Crippen molar-refractivity contribution in [3.63, 3.8) is 0 Å². The van der Waals surface area contributed by atoms with Gasteiger partial charge >= 0.3 is 0 Å². The maximum absolute atomic E-state index is 11.7. The molecular weight excluding hydrogens is 394 g/mol. The highest BCUT2D eigenvalue weighted by molar-refractivity contribution is 7.22. The zero-order chi connectivity index (χ0) is 20.5. The number of amides is 1. The quantitative estimate of drug-likeness (QED) is 0.504. The zero-order valence-corrected chi connectivity index (χ0v) is 17.5. The summed E-state index contributed by atoms with van der Waals surface area (Å²) in [6, 6.07) is 18.3. The molecule has 0 N–H and O–H groups in total. The van der Waals surface area contributed by atoms with Crippen molar-refractivity contribution in [3.05, 3.63) is 60.8 Å². The smallest absolute Gasteiger partial charge is 0.219 e. The van der Waals surface area contributed by atoms with E-state index in [1.54, 1.807) is 24.5 Å². The van der Waals surface area contributed by atoms with Gasteiger partial charge in [0, 0.05) is 44.2 Å². The normalized spacial score (nSPS) is 14.3. The van der Waals surface area contributed by atoms with Gasteiger partial charge in [0.15, 0.2) is 5.82 Å². The monoisotopic (exact) mass is 415 g/mol. The Bertz CT molecular complexity index is 1180. The van der Waals surface area contributed by atoms with Crippen molar-refractivity contribution in [2.75, 3.05) is 31.1 Å². The van der Waals surface area contributed by atoms with Gasteiger partial charge in [-0.25, -0.2) is 9.97 Å². The number of carbonyl (C=O) groups excluding carboxylic acids is 1. The van der Waals surface area contributed by atoms with Crippen molar-refractivity contribution in [2.45, 2.75) is 6.92 Å². The molecule has 0 aliphatic carbocycles. The second kappa shape index (κ2) is 7.84. The van der Waals surface area contributed by atoms with Crippen LogP contribution >= 0.6 is 11.3 Å². The first-order valence-electron chi connectivity index (χ1n) is 9.98. The van der Waals surface area contributed by atoms with Crippen LogP contribution < -0.4 is 4.90 Å². The molecule has 5 rings (SSSR count). The average Bonchev–Trinajstić information content (AvgIpc) is 3.24. The summed E-state index contributed by atoms with van der Waals surface area (Å²) < 4.78 is 0. The van der Waals surface area contributed by atoms with Gasteiger partial charge in [-0.05, 0) is 23.8 Å². The number of benzene rings is 1. The molecule has 1 aliphatic rings. The molecule has 0 radical (unpaired) electrons. The van der Waals surface area contributed by atoms with E-state index in [4.69, 9.17) is 9.97 Å². The van der Waals surface area contributed by atoms with Crippen molar-refractivity contribution in [2.24, 2.45) is 0 Å². The van der Waals surface area contributed by atoms with Gasteiger partial charge < -0.3 is 9.80 Å². The van der Waals surface area contributed by atoms with Gasteiger partial charge in [-0.15, -0.1) is 11.3 Å². The number of carbonyl (C=O) groups is 1. The Morgan fingerprint density at radius 1 is 0.967 bits per heavy atom. The molecule has 0 unspecified atom stereocenters. The molecule has 1 aromatic carbocycles. The maximum Gasteiger partial charge on any atom is 0.219 e. The summed E-state index contributed by atoms with van der Waals surface area (Å²) in [6.45, 7) is 4.54. The number of fused-ring (bicyclic) bond motifs is 1. The van der Waals surface area contributed by atoms with E-state index >= 15 is 0 Å². The Kier molecular flexibility index (Phi) is 4.88. The number of thiophene rings is 1. The molecule has 7 heteroatoms. The Labute approximate surface area is 178 Å². The number of nitrogens with zero attached hydrogens (tertiary/aromatic N) is 5. The summed E-state index contributed by atoms with van der Waals surface area (Å²) in [6.07, 6.45) is 1.76. The summed E-state index contributed by atoms with van der Waals surface area (Å²) in [5.74, 6) is 1.68. The van der Waals surface area contributed by atoms with Gasteiger partial charge in [-0.3, -0.25) is 9.78 Å². The summed E-state index contributed by atoms with van der Waals surface area (Å²) in [4.78, 5) is 32.2. The third-order valence-corrected chi connectivity index (χ3v) is 6.43. The van der Waals surface area contributed by atoms with E-state index in [2.05, 4.69) is 28.1 Å². The minimum absolute atomic E-state index is 0.124. The van der Waals surface area contributed by atoms with E-state index in [1.165, 1.54) is 10.4 Å². The highest BCUT2D eigenvalue weighted by Crippen LogP contribution is 2.37. The third-order valence-electron chi connectivity index (χ3n) is 5.35. The molecular formula is C23H21N5OS. The lowest BCUT2D eigenvalue weighted by atomic mass is 10.2. The lowest BCUT2D eigenvalue weighted by Gasteiger charge is -2.35. The van der Waals surface area contributed by atoms with E-state index in [-0.39, 0.29) is 5.91 Å². The molecule has 0 spiro atoms. The van der Waals surface area contributed by atoms with Crippen molar-refractivity contribution in [1.29, 1.82) is 0 Å². The van der Waals surface area contributed by atoms with Crippen LogP contribution in [0.4, 0.5) is 5.82 Å². The molecule has 150 valence electrons. The van der Waals surface area contributed by atoms with Gasteiger partial charge in [-0.2, -0.15) is 0 Å². The Morgan fingerprint density at radius 3 is 2.43 bits per heavy atom. The van der Waals surface area contributed by atoms with Crippen LogP contribution in [-0.2, 0) is 4.79 Å². The predicted octanol–water partition coefficient (Wildman–Crippen LogP) is 4.09. The maximum atomic E-state index is 11.7. The fourth-order valence-corrected chi connectivity index (χ4v) is 4.77. The van der Waals surface area contributed by atoms with E-state index in [0.29, 0.717) is 18.9 Å². The molecule has 4 heterocycles. The van der Waals surface area contributed by atoms with Crippen LogP contribution in [0.3, 0.4) is 0 Å². The number of pyridine rings is 1. The van der Waals surface area contributed by atoms with Crippen LogP contribution in [0.15, 0.2) is 60.8 Å². The van der Waals surface area contributed by atoms with E-state index < -0.39 is 0 Å². The van der Waals surface area contributed by atoms with Crippen molar-refractivity contribution < 1.29 is 4.79 Å². The molecule has 3 aromatic heterocycles. The number of hydrogen-bond acceptors (Lipinski definition) is 6. The second-order valence-corrected chi connectivity index (χ2v) is 8.31. The SMILES string of the molecule is CC(=O)N1CCN(c2nc(-c3ccccn3)nc3sc(-c4ccccc4)cc23)CC1. The lowest BCUT2D eigenvalue weighted by molar-refractivity contribution is -0.129. The molecule has 0 bridgehead atoms. The number of rotatable bonds is 3. The van der Waals surface area contributed by atoms with Crippen molar-refractivity contribution in [3.8, 4) is 22.0 Å². The molecule has 1 fully saturated rings. The minimum Gasteiger partial charge on any atom is -0.352 e. The topological polar surface area (TPSA) is 62.2 Å². The summed E-state index contributed by atoms with van der Waals surface area (Å²) in [5, 5.41) is 1.05. The van der Waals surface area contributed by atoms with Crippen LogP contribution in [0, 0.1) is 0 Å². The van der Waals surface area contributed by atoms with Crippen LogP contribution in [0.25, 0.3) is 32.2 Å². The standard InChI is InChI=1S/C23H21N5OS/c1-16(29)27-11-13-28(14-12-27)22-18-15-20(17-7-3-2-4-8-17)30-23(18)26-21(25-22)19-9-5-6-10-24-19/h2-10,15H,11-14H2,1H3.